The average Bonchev–Trinajstić information content (AvgIpc) is 2.54. The Kier molecular flexibility index (Phi) is 8.35. The Bertz CT molecular complexity index is 518. The minimum Gasteiger partial charge on any atom is -0.361 e. The van der Waals surface area contributed by atoms with Crippen LogP contribution in [-0.4, -0.2) is 24.7 Å². The zero-order valence-electron chi connectivity index (χ0n) is 14.6. The van der Waals surface area contributed by atoms with Crippen molar-refractivity contribution in [2.75, 3.05) is 13.2 Å². The number of amides is 1. The van der Waals surface area contributed by atoms with Gasteiger partial charge in [-0.2, -0.15) is 0 Å². The number of benzene rings is 1. The number of carbonyl (C=O) groups is 1. The molecule has 0 radical (unpaired) electrons. The molecule has 0 saturated heterocycles. The average molecular weight is 315 g/mol. The van der Waals surface area contributed by atoms with Crippen LogP contribution in [-0.2, 0) is 16.0 Å². The lowest BCUT2D eigenvalue weighted by molar-refractivity contribution is -0.130. The molecule has 1 aromatic carbocycles. The summed E-state index contributed by atoms with van der Waals surface area (Å²) in [6, 6.07) is 10.1. The van der Waals surface area contributed by atoms with E-state index >= 15 is 0 Å². The van der Waals surface area contributed by atoms with E-state index in [1.165, 1.54) is 11.1 Å². The molecule has 0 aliphatic heterocycles. The Morgan fingerprint density at radius 1 is 1.30 bits per heavy atom. The molecule has 1 amide bonds. The zero-order chi connectivity index (χ0) is 17.1. The summed E-state index contributed by atoms with van der Waals surface area (Å²) in [6.45, 7) is 10.6. The number of hydrogen-bond donors (Lipinski definition) is 1. The largest absolute Gasteiger partial charge is 0.361 e. The Hall–Kier alpha value is -1.87. The number of hydrogen-bond acceptors (Lipinski definition) is 2. The van der Waals surface area contributed by atoms with Crippen molar-refractivity contribution in [2.45, 2.75) is 45.6 Å². The summed E-state index contributed by atoms with van der Waals surface area (Å²) < 4.78 is 5.77. The van der Waals surface area contributed by atoms with Crippen LogP contribution in [0.15, 0.2) is 54.6 Å². The molecule has 23 heavy (non-hydrogen) atoms. The standard InChI is InChI=1S/C20H29NO2/c1-5-20(4,14-9-10-17(2)3)23-16-19(22)21-15-13-18-11-7-6-8-12-18/h5-8,10-12H,1,9,13-16H2,2-4H3,(H,21,22). The molecule has 1 unspecified atom stereocenters. The molecule has 3 nitrogen and oxygen atoms in total. The van der Waals surface area contributed by atoms with Crippen LogP contribution in [0.5, 0.6) is 0 Å². The molecule has 0 bridgehead atoms. The zero-order valence-corrected chi connectivity index (χ0v) is 14.6. The lowest BCUT2D eigenvalue weighted by Gasteiger charge is -2.25. The highest BCUT2D eigenvalue weighted by atomic mass is 16.5. The smallest absolute Gasteiger partial charge is 0.246 e. The molecule has 1 rings (SSSR count). The second kappa shape index (κ2) is 10.0. The Balaban J connectivity index is 2.29. The maximum Gasteiger partial charge on any atom is 0.246 e. The molecular weight excluding hydrogens is 286 g/mol. The van der Waals surface area contributed by atoms with Gasteiger partial charge in [-0.05, 0) is 45.6 Å². The van der Waals surface area contributed by atoms with Gasteiger partial charge in [-0.25, -0.2) is 0 Å². The molecule has 1 aromatic rings. The molecule has 0 aliphatic rings. The van der Waals surface area contributed by atoms with Crippen molar-refractivity contribution in [1.82, 2.24) is 5.32 Å². The third-order valence-corrected chi connectivity index (χ3v) is 3.74. The number of nitrogens with one attached hydrogen (secondary N) is 1. The number of ether oxygens (including phenoxy) is 1. The molecule has 3 heteroatoms. The molecule has 0 spiro atoms. The fraction of sp³-hybridized carbons (Fsp3) is 0.450. The highest BCUT2D eigenvalue weighted by Gasteiger charge is 2.21. The Morgan fingerprint density at radius 2 is 2.00 bits per heavy atom. The van der Waals surface area contributed by atoms with Crippen LogP contribution < -0.4 is 5.32 Å². The summed E-state index contributed by atoms with van der Waals surface area (Å²) in [5.74, 6) is -0.0868. The highest BCUT2D eigenvalue weighted by molar-refractivity contribution is 5.77. The van der Waals surface area contributed by atoms with Gasteiger partial charge in [0.1, 0.15) is 6.61 Å². The fourth-order valence-electron chi connectivity index (χ4n) is 2.15. The van der Waals surface area contributed by atoms with Crippen LogP contribution in [0.25, 0.3) is 0 Å². The van der Waals surface area contributed by atoms with Gasteiger partial charge in [0.2, 0.25) is 5.91 Å². The van der Waals surface area contributed by atoms with Crippen LogP contribution in [0.1, 0.15) is 39.2 Å². The second-order valence-corrected chi connectivity index (χ2v) is 6.21. The van der Waals surface area contributed by atoms with Gasteiger partial charge in [-0.15, -0.1) is 6.58 Å². The van der Waals surface area contributed by atoms with Gasteiger partial charge in [0.15, 0.2) is 0 Å². The van der Waals surface area contributed by atoms with Gasteiger partial charge in [0.25, 0.3) is 0 Å². The van der Waals surface area contributed by atoms with Crippen molar-refractivity contribution in [3.05, 3.63) is 60.2 Å². The molecule has 0 heterocycles. The first kappa shape index (κ1) is 19.2. The summed E-state index contributed by atoms with van der Waals surface area (Å²) in [4.78, 5) is 11.9. The van der Waals surface area contributed by atoms with E-state index in [0.29, 0.717) is 6.54 Å². The third kappa shape index (κ3) is 8.36. The van der Waals surface area contributed by atoms with Crippen molar-refractivity contribution in [1.29, 1.82) is 0 Å². The van der Waals surface area contributed by atoms with Crippen molar-refractivity contribution >= 4 is 5.91 Å². The first-order valence-electron chi connectivity index (χ1n) is 8.17. The van der Waals surface area contributed by atoms with E-state index in [9.17, 15) is 4.79 Å². The first-order valence-corrected chi connectivity index (χ1v) is 8.17. The number of carbonyl (C=O) groups excluding carboxylic acids is 1. The SMILES string of the molecule is C=CC(C)(CCC=C(C)C)OCC(=O)NCCc1ccccc1. The van der Waals surface area contributed by atoms with Gasteiger partial charge in [-0.1, -0.05) is 48.1 Å². The van der Waals surface area contributed by atoms with Gasteiger partial charge >= 0.3 is 0 Å². The van der Waals surface area contributed by atoms with Crippen molar-refractivity contribution in [3.63, 3.8) is 0 Å². The molecule has 1 atom stereocenters. The van der Waals surface area contributed by atoms with E-state index in [0.717, 1.165) is 19.3 Å². The van der Waals surface area contributed by atoms with E-state index in [1.807, 2.05) is 25.1 Å². The molecule has 0 saturated carbocycles. The predicted octanol–water partition coefficient (Wildman–Crippen LogP) is 4.05. The first-order chi connectivity index (χ1) is 10.9. The molecule has 0 fully saturated rings. The summed E-state index contributed by atoms with van der Waals surface area (Å²) in [7, 11) is 0. The normalized spacial score (nSPS) is 13.0. The van der Waals surface area contributed by atoms with Crippen LogP contribution in [0.3, 0.4) is 0 Å². The van der Waals surface area contributed by atoms with Crippen LogP contribution in [0.4, 0.5) is 0 Å². The molecule has 0 aliphatic carbocycles. The minimum atomic E-state index is -0.470. The Labute approximate surface area is 140 Å². The van der Waals surface area contributed by atoms with E-state index in [4.69, 9.17) is 4.74 Å². The molecule has 1 N–H and O–H groups in total. The predicted molar refractivity (Wildman–Crippen MR) is 96.4 cm³/mol. The number of allylic oxidation sites excluding steroid dienone is 2. The second-order valence-electron chi connectivity index (χ2n) is 6.21. The van der Waals surface area contributed by atoms with Gasteiger partial charge in [0, 0.05) is 6.54 Å². The van der Waals surface area contributed by atoms with Crippen LogP contribution in [0, 0.1) is 0 Å². The van der Waals surface area contributed by atoms with Crippen molar-refractivity contribution in [3.8, 4) is 0 Å². The maximum atomic E-state index is 11.9. The van der Waals surface area contributed by atoms with Gasteiger partial charge in [-0.3, -0.25) is 4.79 Å². The highest BCUT2D eigenvalue weighted by Crippen LogP contribution is 2.19. The fourth-order valence-corrected chi connectivity index (χ4v) is 2.15. The summed E-state index contributed by atoms with van der Waals surface area (Å²) in [5.41, 5.74) is 2.03. The monoisotopic (exact) mass is 315 g/mol. The van der Waals surface area contributed by atoms with Crippen LogP contribution in [0.2, 0.25) is 0 Å². The Morgan fingerprint density at radius 3 is 2.61 bits per heavy atom. The summed E-state index contributed by atoms with van der Waals surface area (Å²) in [6.07, 6.45) is 6.51. The quantitative estimate of drug-likeness (QED) is 0.661. The van der Waals surface area contributed by atoms with Crippen LogP contribution >= 0.6 is 0 Å². The third-order valence-electron chi connectivity index (χ3n) is 3.74. The number of rotatable bonds is 10. The van der Waals surface area contributed by atoms with Crippen molar-refractivity contribution < 1.29 is 9.53 Å². The van der Waals surface area contributed by atoms with Gasteiger partial charge < -0.3 is 10.1 Å². The topological polar surface area (TPSA) is 38.3 Å². The van der Waals surface area contributed by atoms with Gasteiger partial charge in [0.05, 0.1) is 5.60 Å². The summed E-state index contributed by atoms with van der Waals surface area (Å²) >= 11 is 0. The van der Waals surface area contributed by atoms with E-state index in [2.05, 4.69) is 44.0 Å². The lowest BCUT2D eigenvalue weighted by Crippen LogP contribution is -2.35. The lowest BCUT2D eigenvalue weighted by atomic mass is 9.99. The molecule has 0 aromatic heterocycles. The van der Waals surface area contributed by atoms with E-state index in [1.54, 1.807) is 6.08 Å². The van der Waals surface area contributed by atoms with E-state index < -0.39 is 5.60 Å². The maximum absolute atomic E-state index is 11.9. The summed E-state index contributed by atoms with van der Waals surface area (Å²) in [5, 5.41) is 2.89. The minimum absolute atomic E-state index is 0.0616. The molecule has 126 valence electrons. The van der Waals surface area contributed by atoms with Crippen molar-refractivity contribution in [2.24, 2.45) is 0 Å². The molecular formula is C20H29NO2. The van der Waals surface area contributed by atoms with E-state index in [-0.39, 0.29) is 12.5 Å².